The number of methoxy groups -OCH3 is 2. The number of hydrogen-bond acceptors (Lipinski definition) is 5. The predicted octanol–water partition coefficient (Wildman–Crippen LogP) is 4.24. The number of amides is 1. The summed E-state index contributed by atoms with van der Waals surface area (Å²) in [6, 6.07) is 13.1. The number of nitrogens with zero attached hydrogens (tertiary/aromatic N) is 1. The van der Waals surface area contributed by atoms with E-state index in [0.717, 1.165) is 61.6 Å². The van der Waals surface area contributed by atoms with E-state index in [2.05, 4.69) is 0 Å². The van der Waals surface area contributed by atoms with Crippen LogP contribution in [0.4, 0.5) is 0 Å². The first-order chi connectivity index (χ1) is 14.7. The van der Waals surface area contributed by atoms with Crippen LogP contribution in [0.25, 0.3) is 0 Å². The summed E-state index contributed by atoms with van der Waals surface area (Å²) in [4.78, 5) is 15.2. The Labute approximate surface area is 177 Å². The van der Waals surface area contributed by atoms with E-state index in [9.17, 15) is 4.79 Å². The lowest BCUT2D eigenvalue weighted by Crippen LogP contribution is -2.30. The number of carbonyl (C=O) groups excluding carboxylic acids is 1. The van der Waals surface area contributed by atoms with Crippen LogP contribution in [0.15, 0.2) is 42.5 Å². The van der Waals surface area contributed by atoms with Gasteiger partial charge in [0.1, 0.15) is 23.9 Å². The molecule has 0 spiro atoms. The molecule has 0 saturated carbocycles. The summed E-state index contributed by atoms with van der Waals surface area (Å²) in [7, 11) is 3.30. The maximum Gasteiger partial charge on any atom is 0.254 e. The minimum Gasteiger partial charge on any atom is -0.497 e. The molecule has 6 heteroatoms. The summed E-state index contributed by atoms with van der Waals surface area (Å²) in [6.45, 7) is 2.09. The Morgan fingerprint density at radius 1 is 1.03 bits per heavy atom. The molecule has 2 saturated heterocycles. The second-order valence-electron chi connectivity index (χ2n) is 7.73. The fourth-order valence-electron chi connectivity index (χ4n) is 4.26. The molecular weight excluding hydrogens is 382 g/mol. The molecule has 2 aromatic rings. The zero-order chi connectivity index (χ0) is 20.9. The minimum atomic E-state index is -0.0296. The average molecular weight is 411 g/mol. The second kappa shape index (κ2) is 9.39. The molecule has 0 aliphatic carbocycles. The van der Waals surface area contributed by atoms with Gasteiger partial charge in [-0.2, -0.15) is 0 Å². The van der Waals surface area contributed by atoms with Gasteiger partial charge in [0.15, 0.2) is 0 Å². The maximum atomic E-state index is 13.3. The molecule has 160 valence electrons. The van der Waals surface area contributed by atoms with Crippen molar-refractivity contribution in [2.24, 2.45) is 0 Å². The van der Waals surface area contributed by atoms with Crippen LogP contribution in [0, 0.1) is 0 Å². The van der Waals surface area contributed by atoms with E-state index in [-0.39, 0.29) is 18.1 Å². The molecule has 1 amide bonds. The molecule has 2 aliphatic heterocycles. The van der Waals surface area contributed by atoms with Gasteiger partial charge in [0.05, 0.1) is 26.4 Å². The van der Waals surface area contributed by atoms with Crippen LogP contribution in [0.5, 0.6) is 17.2 Å². The summed E-state index contributed by atoms with van der Waals surface area (Å²) < 4.78 is 22.3. The highest BCUT2D eigenvalue weighted by molar-refractivity contribution is 5.94. The number of ether oxygens (including phenoxy) is 4. The Balaban J connectivity index is 1.47. The van der Waals surface area contributed by atoms with E-state index in [0.29, 0.717) is 12.2 Å². The summed E-state index contributed by atoms with van der Waals surface area (Å²) >= 11 is 0. The standard InChI is InChI=1S/C24H29NO5/c1-27-19-11-12-23(28-2)21(15-19)22-6-3-13-25(22)24(26)17-7-9-18(10-8-17)30-16-20-5-4-14-29-20/h7-12,15,20,22H,3-6,13-14,16H2,1-2H3. The molecule has 6 nitrogen and oxygen atoms in total. The van der Waals surface area contributed by atoms with Gasteiger partial charge in [0.2, 0.25) is 0 Å². The van der Waals surface area contributed by atoms with Crippen LogP contribution in [-0.2, 0) is 4.74 Å². The van der Waals surface area contributed by atoms with E-state index >= 15 is 0 Å². The lowest BCUT2D eigenvalue weighted by atomic mass is 10.0. The minimum absolute atomic E-state index is 0.0213. The second-order valence-corrected chi connectivity index (χ2v) is 7.73. The zero-order valence-corrected chi connectivity index (χ0v) is 17.6. The van der Waals surface area contributed by atoms with Crippen molar-refractivity contribution >= 4 is 5.91 Å². The SMILES string of the molecule is COc1ccc(OC)c(C2CCCN2C(=O)c2ccc(OCC3CCCO3)cc2)c1. The van der Waals surface area contributed by atoms with Crippen molar-refractivity contribution in [2.75, 3.05) is 34.0 Å². The summed E-state index contributed by atoms with van der Waals surface area (Å²) in [5, 5.41) is 0. The largest absolute Gasteiger partial charge is 0.497 e. The zero-order valence-electron chi connectivity index (χ0n) is 17.6. The molecule has 2 fully saturated rings. The fraction of sp³-hybridized carbons (Fsp3) is 0.458. The third-order valence-electron chi connectivity index (χ3n) is 5.87. The predicted molar refractivity (Wildman–Crippen MR) is 113 cm³/mol. The molecule has 2 unspecified atom stereocenters. The average Bonchev–Trinajstić information content (AvgIpc) is 3.49. The molecule has 2 heterocycles. The van der Waals surface area contributed by atoms with E-state index < -0.39 is 0 Å². The molecule has 0 aromatic heterocycles. The Hall–Kier alpha value is -2.73. The van der Waals surface area contributed by atoms with Crippen LogP contribution in [0.1, 0.15) is 47.6 Å². The Morgan fingerprint density at radius 3 is 2.53 bits per heavy atom. The molecule has 0 bridgehead atoms. The van der Waals surface area contributed by atoms with Crippen LogP contribution in [0.3, 0.4) is 0 Å². The molecule has 2 aromatic carbocycles. The van der Waals surface area contributed by atoms with Crippen molar-refractivity contribution in [1.29, 1.82) is 0 Å². The number of likely N-dealkylation sites (tertiary alicyclic amines) is 1. The first-order valence-electron chi connectivity index (χ1n) is 10.6. The van der Waals surface area contributed by atoms with Crippen molar-refractivity contribution in [2.45, 2.75) is 37.8 Å². The van der Waals surface area contributed by atoms with E-state index in [1.807, 2.05) is 47.4 Å². The molecule has 2 atom stereocenters. The maximum absolute atomic E-state index is 13.3. The molecule has 30 heavy (non-hydrogen) atoms. The Morgan fingerprint density at radius 2 is 1.83 bits per heavy atom. The third-order valence-corrected chi connectivity index (χ3v) is 5.87. The smallest absolute Gasteiger partial charge is 0.254 e. The lowest BCUT2D eigenvalue weighted by molar-refractivity contribution is 0.0678. The van der Waals surface area contributed by atoms with Gasteiger partial charge >= 0.3 is 0 Å². The van der Waals surface area contributed by atoms with E-state index in [1.165, 1.54) is 0 Å². The topological polar surface area (TPSA) is 57.2 Å². The highest BCUT2D eigenvalue weighted by atomic mass is 16.5. The quantitative estimate of drug-likeness (QED) is 0.682. The van der Waals surface area contributed by atoms with Gasteiger partial charge in [-0.3, -0.25) is 4.79 Å². The number of benzene rings is 2. The highest BCUT2D eigenvalue weighted by Crippen LogP contribution is 2.39. The van der Waals surface area contributed by atoms with Gasteiger partial charge in [-0.15, -0.1) is 0 Å². The van der Waals surface area contributed by atoms with Crippen LogP contribution in [-0.4, -0.2) is 50.9 Å². The van der Waals surface area contributed by atoms with Crippen molar-refractivity contribution in [1.82, 2.24) is 4.90 Å². The lowest BCUT2D eigenvalue weighted by Gasteiger charge is -2.27. The van der Waals surface area contributed by atoms with Crippen molar-refractivity contribution in [3.63, 3.8) is 0 Å². The van der Waals surface area contributed by atoms with E-state index in [1.54, 1.807) is 14.2 Å². The monoisotopic (exact) mass is 411 g/mol. The summed E-state index contributed by atoms with van der Waals surface area (Å²) in [5.41, 5.74) is 1.65. The van der Waals surface area contributed by atoms with Gasteiger partial charge in [-0.05, 0) is 68.1 Å². The van der Waals surface area contributed by atoms with Crippen LogP contribution in [0.2, 0.25) is 0 Å². The van der Waals surface area contributed by atoms with Crippen molar-refractivity contribution in [3.8, 4) is 17.2 Å². The highest BCUT2D eigenvalue weighted by Gasteiger charge is 2.32. The molecule has 0 N–H and O–H groups in total. The third kappa shape index (κ3) is 4.38. The van der Waals surface area contributed by atoms with Gasteiger partial charge in [-0.25, -0.2) is 0 Å². The van der Waals surface area contributed by atoms with Crippen molar-refractivity contribution < 1.29 is 23.7 Å². The van der Waals surface area contributed by atoms with Gasteiger partial charge in [0, 0.05) is 24.3 Å². The summed E-state index contributed by atoms with van der Waals surface area (Å²) in [5.74, 6) is 2.32. The molecule has 4 rings (SSSR count). The van der Waals surface area contributed by atoms with Crippen LogP contribution < -0.4 is 14.2 Å². The van der Waals surface area contributed by atoms with Crippen LogP contribution >= 0.6 is 0 Å². The number of carbonyl (C=O) groups is 1. The first kappa shape index (κ1) is 20.5. The molecule has 0 radical (unpaired) electrons. The van der Waals surface area contributed by atoms with Crippen molar-refractivity contribution in [3.05, 3.63) is 53.6 Å². The normalized spacial score (nSPS) is 20.9. The number of rotatable bonds is 7. The van der Waals surface area contributed by atoms with Gasteiger partial charge in [-0.1, -0.05) is 0 Å². The molecule has 2 aliphatic rings. The first-order valence-corrected chi connectivity index (χ1v) is 10.6. The molecular formula is C24H29NO5. The number of hydrogen-bond donors (Lipinski definition) is 0. The van der Waals surface area contributed by atoms with Gasteiger partial charge in [0.25, 0.3) is 5.91 Å². The van der Waals surface area contributed by atoms with E-state index in [4.69, 9.17) is 18.9 Å². The van der Waals surface area contributed by atoms with Gasteiger partial charge < -0.3 is 23.8 Å². The Kier molecular flexibility index (Phi) is 6.43. The summed E-state index contributed by atoms with van der Waals surface area (Å²) in [6.07, 6.45) is 4.17. The fourth-order valence-corrected chi connectivity index (χ4v) is 4.26. The Bertz CT molecular complexity index is 860.